The third-order valence-corrected chi connectivity index (χ3v) is 4.88. The van der Waals surface area contributed by atoms with Crippen molar-refractivity contribution in [3.05, 3.63) is 91.5 Å². The Morgan fingerprint density at radius 1 is 1.20 bits per heavy atom. The Bertz CT molecular complexity index is 1220. The van der Waals surface area contributed by atoms with Gasteiger partial charge in [0.15, 0.2) is 0 Å². The van der Waals surface area contributed by atoms with E-state index in [9.17, 15) is 25.0 Å². The third kappa shape index (κ3) is 4.12. The standard InChI is InChI=1S/C21H19N5O4/c1-14-15(2)25(11-16-6-4-3-5-7-16)21(18(14)10-22)23-19(27)13-24-12-17(26(29)30)8-9-20(24)28/h3-9,12H,11,13H2,1-2H3,(H,23,27). The molecule has 3 rings (SSSR count). The first-order valence-electron chi connectivity index (χ1n) is 9.10. The lowest BCUT2D eigenvalue weighted by atomic mass is 10.2. The largest absolute Gasteiger partial charge is 0.326 e. The van der Waals surface area contributed by atoms with Crippen molar-refractivity contribution in [3.8, 4) is 6.07 Å². The number of carbonyl (C=O) groups excluding carboxylic acids is 1. The van der Waals surface area contributed by atoms with Crippen molar-refractivity contribution in [1.82, 2.24) is 9.13 Å². The maximum Gasteiger partial charge on any atom is 0.285 e. The van der Waals surface area contributed by atoms with Crippen LogP contribution >= 0.6 is 0 Å². The summed E-state index contributed by atoms with van der Waals surface area (Å²) in [5.74, 6) is -0.235. The first-order valence-corrected chi connectivity index (χ1v) is 9.10. The van der Waals surface area contributed by atoms with Crippen molar-refractivity contribution in [1.29, 1.82) is 5.26 Å². The lowest BCUT2D eigenvalue weighted by molar-refractivity contribution is -0.385. The minimum absolute atomic E-state index is 0.292. The van der Waals surface area contributed by atoms with Gasteiger partial charge in [-0.1, -0.05) is 30.3 Å². The maximum atomic E-state index is 12.6. The monoisotopic (exact) mass is 405 g/mol. The van der Waals surface area contributed by atoms with Crippen LogP contribution < -0.4 is 10.9 Å². The molecule has 0 aliphatic carbocycles. The number of hydrogen-bond acceptors (Lipinski definition) is 5. The van der Waals surface area contributed by atoms with Crippen LogP contribution in [0.15, 0.2) is 53.5 Å². The molecule has 0 bridgehead atoms. The zero-order valence-corrected chi connectivity index (χ0v) is 16.5. The number of benzene rings is 1. The summed E-state index contributed by atoms with van der Waals surface area (Å²) in [6, 6.07) is 13.8. The van der Waals surface area contributed by atoms with Gasteiger partial charge in [-0.2, -0.15) is 5.26 Å². The van der Waals surface area contributed by atoms with E-state index in [4.69, 9.17) is 0 Å². The number of nitro groups is 1. The Hall–Kier alpha value is -4.19. The molecule has 3 aromatic rings. The molecule has 2 heterocycles. The Morgan fingerprint density at radius 3 is 2.53 bits per heavy atom. The van der Waals surface area contributed by atoms with Gasteiger partial charge in [-0.3, -0.25) is 24.3 Å². The molecule has 0 aliphatic heterocycles. The van der Waals surface area contributed by atoms with E-state index >= 15 is 0 Å². The lowest BCUT2D eigenvalue weighted by Gasteiger charge is -2.14. The average Bonchev–Trinajstić information content (AvgIpc) is 2.94. The third-order valence-electron chi connectivity index (χ3n) is 4.88. The minimum Gasteiger partial charge on any atom is -0.326 e. The van der Waals surface area contributed by atoms with E-state index in [1.807, 2.05) is 41.8 Å². The fraction of sp³-hybridized carbons (Fsp3) is 0.190. The molecule has 152 valence electrons. The SMILES string of the molecule is Cc1c(C#N)c(NC(=O)Cn2cc([N+](=O)[O-])ccc2=O)n(Cc2ccccc2)c1C. The molecule has 9 nitrogen and oxygen atoms in total. The highest BCUT2D eigenvalue weighted by molar-refractivity contribution is 5.91. The fourth-order valence-electron chi connectivity index (χ4n) is 3.17. The van der Waals surface area contributed by atoms with Gasteiger partial charge in [-0.05, 0) is 25.0 Å². The van der Waals surface area contributed by atoms with Gasteiger partial charge >= 0.3 is 0 Å². The summed E-state index contributed by atoms with van der Waals surface area (Å²) < 4.78 is 2.79. The Kier molecular flexibility index (Phi) is 5.78. The normalized spacial score (nSPS) is 10.4. The van der Waals surface area contributed by atoms with Crippen molar-refractivity contribution in [3.63, 3.8) is 0 Å². The highest BCUT2D eigenvalue weighted by Crippen LogP contribution is 2.27. The maximum absolute atomic E-state index is 12.6. The molecular formula is C21H19N5O4. The number of carbonyl (C=O) groups is 1. The van der Waals surface area contributed by atoms with E-state index < -0.39 is 22.9 Å². The first-order chi connectivity index (χ1) is 14.3. The van der Waals surface area contributed by atoms with Crippen molar-refractivity contribution >= 4 is 17.4 Å². The molecule has 1 aromatic carbocycles. The Balaban J connectivity index is 1.92. The number of aromatic nitrogens is 2. The van der Waals surface area contributed by atoms with Gasteiger partial charge in [0.25, 0.3) is 11.2 Å². The molecule has 30 heavy (non-hydrogen) atoms. The minimum atomic E-state index is -0.640. The topological polar surface area (TPSA) is 123 Å². The molecule has 2 aromatic heterocycles. The summed E-state index contributed by atoms with van der Waals surface area (Å²) in [6.07, 6.45) is 1.02. The summed E-state index contributed by atoms with van der Waals surface area (Å²) in [5.41, 5.74) is 2.07. The summed E-state index contributed by atoms with van der Waals surface area (Å²) in [7, 11) is 0. The van der Waals surface area contributed by atoms with Crippen LogP contribution in [0, 0.1) is 35.3 Å². The molecule has 0 unspecified atom stereocenters. The molecule has 0 saturated carbocycles. The van der Waals surface area contributed by atoms with Gasteiger partial charge in [-0.25, -0.2) is 0 Å². The van der Waals surface area contributed by atoms with Crippen LogP contribution in [0.1, 0.15) is 22.4 Å². The quantitative estimate of drug-likeness (QED) is 0.499. The summed E-state index contributed by atoms with van der Waals surface area (Å²) >= 11 is 0. The smallest absolute Gasteiger partial charge is 0.285 e. The number of nitrogens with one attached hydrogen (secondary N) is 1. The molecule has 0 spiro atoms. The zero-order chi connectivity index (χ0) is 21.8. The van der Waals surface area contributed by atoms with Crippen LogP contribution in [0.25, 0.3) is 0 Å². The molecular weight excluding hydrogens is 386 g/mol. The Labute approximate surface area is 172 Å². The van der Waals surface area contributed by atoms with Crippen molar-refractivity contribution < 1.29 is 9.72 Å². The molecule has 0 radical (unpaired) electrons. The van der Waals surface area contributed by atoms with Crippen LogP contribution in [0.3, 0.4) is 0 Å². The number of anilines is 1. The van der Waals surface area contributed by atoms with Crippen LogP contribution in [0.4, 0.5) is 11.5 Å². The van der Waals surface area contributed by atoms with E-state index in [2.05, 4.69) is 11.4 Å². The van der Waals surface area contributed by atoms with Crippen molar-refractivity contribution in [2.24, 2.45) is 0 Å². The molecule has 0 atom stereocenters. The highest BCUT2D eigenvalue weighted by Gasteiger charge is 2.20. The summed E-state index contributed by atoms with van der Waals surface area (Å²) in [6.45, 7) is 3.69. The van der Waals surface area contributed by atoms with Crippen molar-refractivity contribution in [2.75, 3.05) is 5.32 Å². The van der Waals surface area contributed by atoms with Gasteiger partial charge in [0.05, 0.1) is 16.7 Å². The van der Waals surface area contributed by atoms with Gasteiger partial charge < -0.3 is 9.88 Å². The van der Waals surface area contributed by atoms with E-state index in [1.165, 1.54) is 0 Å². The molecule has 0 fully saturated rings. The molecule has 0 saturated heterocycles. The predicted octanol–water partition coefficient (Wildman–Crippen LogP) is 2.73. The van der Waals surface area contributed by atoms with Gasteiger partial charge in [0.2, 0.25) is 5.91 Å². The van der Waals surface area contributed by atoms with E-state index in [0.29, 0.717) is 17.9 Å². The number of amides is 1. The van der Waals surface area contributed by atoms with Gasteiger partial charge in [0, 0.05) is 24.4 Å². The molecule has 0 aliphatic rings. The Morgan fingerprint density at radius 2 is 1.90 bits per heavy atom. The van der Waals surface area contributed by atoms with E-state index in [0.717, 1.165) is 39.7 Å². The van der Waals surface area contributed by atoms with Crippen LogP contribution in [-0.2, 0) is 17.9 Å². The first kappa shape index (κ1) is 20.5. The highest BCUT2D eigenvalue weighted by atomic mass is 16.6. The van der Waals surface area contributed by atoms with Crippen LogP contribution in [0.5, 0.6) is 0 Å². The number of nitriles is 1. The number of pyridine rings is 1. The predicted molar refractivity (Wildman–Crippen MR) is 110 cm³/mol. The van der Waals surface area contributed by atoms with Crippen LogP contribution in [0.2, 0.25) is 0 Å². The fourth-order valence-corrected chi connectivity index (χ4v) is 3.17. The molecule has 1 N–H and O–H groups in total. The average molecular weight is 405 g/mol. The van der Waals surface area contributed by atoms with Crippen LogP contribution in [-0.4, -0.2) is 20.0 Å². The van der Waals surface area contributed by atoms with Crippen molar-refractivity contribution in [2.45, 2.75) is 26.9 Å². The number of nitrogens with zero attached hydrogens (tertiary/aromatic N) is 4. The molecule has 9 heteroatoms. The summed E-state index contributed by atoms with van der Waals surface area (Å²) in [4.78, 5) is 34.9. The second-order valence-corrected chi connectivity index (χ2v) is 6.78. The molecule has 1 amide bonds. The number of rotatable bonds is 6. The van der Waals surface area contributed by atoms with Gasteiger partial charge in [0.1, 0.15) is 18.4 Å². The van der Waals surface area contributed by atoms with E-state index in [1.54, 1.807) is 6.92 Å². The van der Waals surface area contributed by atoms with E-state index in [-0.39, 0.29) is 5.69 Å². The summed E-state index contributed by atoms with van der Waals surface area (Å²) in [5, 5.41) is 23.2. The lowest BCUT2D eigenvalue weighted by Crippen LogP contribution is -2.28. The zero-order valence-electron chi connectivity index (χ0n) is 16.5. The second kappa shape index (κ2) is 8.45. The van der Waals surface area contributed by atoms with Gasteiger partial charge in [-0.15, -0.1) is 0 Å². The number of hydrogen-bond donors (Lipinski definition) is 1. The second-order valence-electron chi connectivity index (χ2n) is 6.78.